The Hall–Kier alpha value is -6.96. The molecule has 328 valence electrons. The van der Waals surface area contributed by atoms with E-state index in [1.165, 1.54) is 0 Å². The molecule has 6 rings (SSSR count). The first-order valence-corrected chi connectivity index (χ1v) is 20.8. The molecule has 0 radical (unpaired) electrons. The Morgan fingerprint density at radius 1 is 0.453 bits per heavy atom. The van der Waals surface area contributed by atoms with Gasteiger partial charge in [-0.05, 0) is 70.8 Å². The molecule has 0 bridgehead atoms. The lowest BCUT2D eigenvalue weighted by molar-refractivity contribution is -0.172. The van der Waals surface area contributed by atoms with Gasteiger partial charge in [0.2, 0.25) is 0 Å². The number of hydrogen-bond donors (Lipinski definition) is 4. The van der Waals surface area contributed by atoms with Gasteiger partial charge in [0, 0.05) is 59.5 Å². The minimum absolute atomic E-state index is 0.0664. The molecule has 6 aromatic carbocycles. The van der Waals surface area contributed by atoms with Crippen LogP contribution >= 0.6 is 23.2 Å². The third-order valence-electron chi connectivity index (χ3n) is 10.00. The van der Waals surface area contributed by atoms with Crippen LogP contribution in [0.25, 0.3) is 0 Å². The highest BCUT2D eigenvalue weighted by atomic mass is 35.5. The number of carbonyl (C=O) groups excluding carboxylic acids is 4. The zero-order valence-electron chi connectivity index (χ0n) is 35.0. The fourth-order valence-electron chi connectivity index (χ4n) is 6.52. The van der Waals surface area contributed by atoms with Gasteiger partial charge in [-0.2, -0.15) is 0 Å². The molecule has 0 saturated heterocycles. The summed E-state index contributed by atoms with van der Waals surface area (Å²) in [6.07, 6.45) is 1.68. The number of halogens is 2. The molecule has 14 heteroatoms. The van der Waals surface area contributed by atoms with Gasteiger partial charge in [-0.1, -0.05) is 132 Å². The van der Waals surface area contributed by atoms with Gasteiger partial charge in [0.1, 0.15) is 11.5 Å². The van der Waals surface area contributed by atoms with Crippen molar-refractivity contribution in [2.24, 2.45) is 0 Å². The van der Waals surface area contributed by atoms with E-state index in [0.29, 0.717) is 32.7 Å². The molecule has 0 saturated carbocycles. The van der Waals surface area contributed by atoms with Crippen LogP contribution in [0.15, 0.2) is 170 Å². The van der Waals surface area contributed by atoms with Crippen molar-refractivity contribution in [2.75, 3.05) is 14.2 Å². The molecule has 4 N–H and O–H groups in total. The Labute approximate surface area is 381 Å². The molecule has 0 heterocycles. The van der Waals surface area contributed by atoms with Gasteiger partial charge in [0.15, 0.2) is 0 Å². The number of hydrogen-bond acceptors (Lipinski definition) is 10. The second kappa shape index (κ2) is 22.4. The predicted molar refractivity (Wildman–Crippen MR) is 244 cm³/mol. The lowest BCUT2D eigenvalue weighted by Crippen LogP contribution is -2.57. The molecule has 2 unspecified atom stereocenters. The van der Waals surface area contributed by atoms with Crippen molar-refractivity contribution in [3.8, 4) is 11.5 Å². The molecule has 0 fully saturated rings. The fourth-order valence-corrected chi connectivity index (χ4v) is 6.77. The van der Waals surface area contributed by atoms with Crippen LogP contribution in [0.5, 0.6) is 11.5 Å². The van der Waals surface area contributed by atoms with Crippen molar-refractivity contribution in [1.29, 1.82) is 0 Å². The second-order valence-electron chi connectivity index (χ2n) is 14.3. The smallest absolute Gasteiger partial charge is 0.333 e. The summed E-state index contributed by atoms with van der Waals surface area (Å²) in [5, 5.41) is 13.2. The average molecular weight is 902 g/mol. The van der Waals surface area contributed by atoms with Gasteiger partial charge in [-0.25, -0.2) is 9.59 Å². The lowest BCUT2D eigenvalue weighted by Gasteiger charge is -2.33. The lowest BCUT2D eigenvalue weighted by atomic mass is 10.00. The number of methoxy groups -OCH3 is 2. The zero-order valence-corrected chi connectivity index (χ0v) is 36.5. The Balaban J connectivity index is 1.30. The summed E-state index contributed by atoms with van der Waals surface area (Å²) in [4.78, 5) is 56.9. The van der Waals surface area contributed by atoms with E-state index >= 15 is 0 Å². The minimum Gasteiger partial charge on any atom is -0.497 e. The number of rotatable bonds is 20. The average Bonchev–Trinajstić information content (AvgIpc) is 3.33. The van der Waals surface area contributed by atoms with Crippen molar-refractivity contribution in [1.82, 2.24) is 21.3 Å². The Morgan fingerprint density at radius 3 is 1.09 bits per heavy atom. The third kappa shape index (κ3) is 12.4. The topological polar surface area (TPSA) is 153 Å². The van der Waals surface area contributed by atoms with Crippen molar-refractivity contribution < 1.29 is 38.1 Å². The Bertz CT molecular complexity index is 2330. The van der Waals surface area contributed by atoms with Crippen molar-refractivity contribution in [2.45, 2.75) is 37.6 Å². The van der Waals surface area contributed by atoms with Crippen LogP contribution in [0, 0.1) is 0 Å². The zero-order chi connectivity index (χ0) is 45.4. The van der Waals surface area contributed by atoms with Crippen LogP contribution in [-0.2, 0) is 66.3 Å². The molecule has 0 aliphatic rings. The van der Waals surface area contributed by atoms with Gasteiger partial charge in [-0.3, -0.25) is 20.2 Å². The molecule has 0 aliphatic heterocycles. The predicted octanol–water partition coefficient (Wildman–Crippen LogP) is 7.87. The molecule has 12 nitrogen and oxygen atoms in total. The number of amides is 2. The summed E-state index contributed by atoms with van der Waals surface area (Å²) in [5.74, 6) is -2.28. The molecule has 6 aromatic rings. The SMILES string of the molecule is COc1ccc(CNC(OC(=O)/C=C/C(=O)OC(NCc2ccc(OC)cc2)(C(=O)NCc2ccc(Cl)cc2)c2ccccc2)(C(=O)NCc2ccc(Cl)cc2)c2ccccc2)cc1. The van der Waals surface area contributed by atoms with Gasteiger partial charge < -0.3 is 29.6 Å². The normalized spacial score (nSPS) is 12.9. The Morgan fingerprint density at radius 2 is 0.766 bits per heavy atom. The molecule has 64 heavy (non-hydrogen) atoms. The van der Waals surface area contributed by atoms with E-state index in [1.807, 2.05) is 0 Å². The van der Waals surface area contributed by atoms with Crippen molar-refractivity contribution in [3.05, 3.63) is 213 Å². The van der Waals surface area contributed by atoms with Crippen molar-refractivity contribution in [3.63, 3.8) is 0 Å². The second-order valence-corrected chi connectivity index (χ2v) is 15.2. The summed E-state index contributed by atoms with van der Waals surface area (Å²) >= 11 is 12.2. The van der Waals surface area contributed by atoms with Gasteiger partial charge in [0.25, 0.3) is 23.3 Å². The van der Waals surface area contributed by atoms with Crippen LogP contribution in [0.1, 0.15) is 33.4 Å². The maximum absolute atomic E-state index is 14.4. The molecule has 0 aliphatic carbocycles. The monoisotopic (exact) mass is 900 g/mol. The van der Waals surface area contributed by atoms with Gasteiger partial charge in [-0.15, -0.1) is 0 Å². The summed E-state index contributed by atoms with van der Waals surface area (Å²) in [7, 11) is 3.11. The minimum atomic E-state index is -2.12. The van der Waals surface area contributed by atoms with E-state index in [2.05, 4.69) is 21.3 Å². The van der Waals surface area contributed by atoms with E-state index in [4.69, 9.17) is 42.1 Å². The van der Waals surface area contributed by atoms with Crippen LogP contribution < -0.4 is 30.7 Å². The van der Waals surface area contributed by atoms with E-state index in [0.717, 1.165) is 34.4 Å². The van der Waals surface area contributed by atoms with Gasteiger partial charge in [0.05, 0.1) is 14.2 Å². The van der Waals surface area contributed by atoms with Gasteiger partial charge >= 0.3 is 11.9 Å². The van der Waals surface area contributed by atoms with Crippen LogP contribution in [-0.4, -0.2) is 38.0 Å². The van der Waals surface area contributed by atoms with E-state index < -0.39 is 35.2 Å². The molecule has 0 aromatic heterocycles. The van der Waals surface area contributed by atoms with Crippen LogP contribution in [0.3, 0.4) is 0 Å². The van der Waals surface area contributed by atoms with E-state index in [9.17, 15) is 19.2 Å². The highest BCUT2D eigenvalue weighted by molar-refractivity contribution is 6.30. The number of carbonyl (C=O) groups is 4. The van der Waals surface area contributed by atoms with Crippen LogP contribution in [0.4, 0.5) is 0 Å². The summed E-state index contributed by atoms with van der Waals surface area (Å²) < 4.78 is 22.8. The molecular weight excluding hydrogens is 855 g/mol. The largest absolute Gasteiger partial charge is 0.497 e. The first-order chi connectivity index (χ1) is 31.0. The molecular formula is C50H46Cl2N4O8. The van der Waals surface area contributed by atoms with Crippen LogP contribution in [0.2, 0.25) is 10.0 Å². The number of esters is 2. The maximum Gasteiger partial charge on any atom is 0.333 e. The Kier molecular flexibility index (Phi) is 16.3. The number of ether oxygens (including phenoxy) is 4. The standard InChI is InChI=1S/C50H46Cl2N4O8/c1-61-43-25-17-37(18-26-43)33-55-49(39-9-5-3-6-10-39,47(59)53-31-35-13-21-41(51)22-14-35)63-45(57)29-30-46(58)64-50(40-11-7-4-8-12-40,56-34-38-19-27-44(62-2)28-20-38)48(60)54-32-36-15-23-42(52)24-16-36/h3-30,55-56H,31-34H2,1-2H3,(H,53,59)(H,54,60)/b30-29+. The molecule has 2 atom stereocenters. The fraction of sp³-hybridized carbons (Fsp3) is 0.160. The molecule has 2 amide bonds. The first kappa shape index (κ1) is 46.5. The quantitative estimate of drug-likeness (QED) is 0.0338. The highest BCUT2D eigenvalue weighted by Gasteiger charge is 2.45. The maximum atomic E-state index is 14.4. The summed E-state index contributed by atoms with van der Waals surface area (Å²) in [6, 6.07) is 45.0. The number of nitrogens with one attached hydrogen (secondary N) is 4. The van der Waals surface area contributed by atoms with E-state index in [1.54, 1.807) is 172 Å². The molecule has 0 spiro atoms. The van der Waals surface area contributed by atoms with E-state index in [-0.39, 0.29) is 26.2 Å². The summed E-state index contributed by atoms with van der Waals surface area (Å²) in [5.41, 5.74) is -0.671. The highest BCUT2D eigenvalue weighted by Crippen LogP contribution is 2.28. The number of benzene rings is 6. The van der Waals surface area contributed by atoms with Crippen molar-refractivity contribution >= 4 is 47.0 Å². The summed E-state index contributed by atoms with van der Waals surface area (Å²) in [6.45, 7) is 0.271. The first-order valence-electron chi connectivity index (χ1n) is 20.1. The third-order valence-corrected chi connectivity index (χ3v) is 10.5.